The van der Waals surface area contributed by atoms with Crippen LogP contribution in [0.3, 0.4) is 0 Å². The molecule has 0 radical (unpaired) electrons. The zero-order chi connectivity index (χ0) is 16.8. The van der Waals surface area contributed by atoms with Gasteiger partial charge in [0.05, 0.1) is 26.4 Å². The predicted octanol–water partition coefficient (Wildman–Crippen LogP) is 2.32. The molecule has 5 heteroatoms. The van der Waals surface area contributed by atoms with E-state index in [0.717, 1.165) is 19.6 Å². The van der Waals surface area contributed by atoms with Gasteiger partial charge in [0.1, 0.15) is 0 Å². The number of hydrogen-bond donors (Lipinski definition) is 0. The van der Waals surface area contributed by atoms with E-state index in [0.29, 0.717) is 39.5 Å². The molecule has 1 saturated heterocycles. The van der Waals surface area contributed by atoms with Crippen LogP contribution in [0.5, 0.6) is 0 Å². The summed E-state index contributed by atoms with van der Waals surface area (Å²) < 4.78 is 11.4. The van der Waals surface area contributed by atoms with Gasteiger partial charge >= 0.3 is 0 Å². The summed E-state index contributed by atoms with van der Waals surface area (Å²) in [7, 11) is 0. The molecule has 1 heterocycles. The van der Waals surface area contributed by atoms with Crippen molar-refractivity contribution in [3.8, 4) is 0 Å². The van der Waals surface area contributed by atoms with Crippen LogP contribution < -0.4 is 0 Å². The number of carbonyl (C=O) groups is 1. The third kappa shape index (κ3) is 9.74. The van der Waals surface area contributed by atoms with Gasteiger partial charge in [-0.1, -0.05) is 39.2 Å². The van der Waals surface area contributed by atoms with Crippen molar-refractivity contribution < 1.29 is 14.3 Å². The van der Waals surface area contributed by atoms with Crippen LogP contribution in [0.2, 0.25) is 0 Å². The highest BCUT2D eigenvalue weighted by molar-refractivity contribution is 5.86. The Morgan fingerprint density at radius 3 is 2.09 bits per heavy atom. The standard InChI is InChI=1S/C18H34N2O3/c1-3-5-6-7-8-9-19-10-14-22-16-12-20(18(21)4-2)13-17-23-15-11-19/h4H,2-3,5-17H2,1H3. The maximum atomic E-state index is 11.7. The molecule has 1 aliphatic heterocycles. The molecule has 0 aromatic rings. The largest absolute Gasteiger partial charge is 0.378 e. The number of ether oxygens (including phenoxy) is 2. The van der Waals surface area contributed by atoms with Crippen LogP contribution in [0.4, 0.5) is 0 Å². The summed E-state index contributed by atoms with van der Waals surface area (Å²) in [6.45, 7) is 12.6. The molecule has 0 aliphatic carbocycles. The van der Waals surface area contributed by atoms with E-state index in [1.54, 1.807) is 4.90 Å². The second-order valence-corrected chi connectivity index (χ2v) is 6.01. The first kappa shape index (κ1) is 20.1. The van der Waals surface area contributed by atoms with E-state index in [9.17, 15) is 4.79 Å². The molecule has 0 saturated carbocycles. The third-order valence-electron chi connectivity index (χ3n) is 4.18. The Balaban J connectivity index is 2.28. The predicted molar refractivity (Wildman–Crippen MR) is 93.6 cm³/mol. The van der Waals surface area contributed by atoms with Crippen molar-refractivity contribution in [2.45, 2.75) is 39.0 Å². The van der Waals surface area contributed by atoms with Crippen molar-refractivity contribution in [1.29, 1.82) is 0 Å². The second-order valence-electron chi connectivity index (χ2n) is 6.01. The van der Waals surface area contributed by atoms with E-state index in [1.807, 2.05) is 0 Å². The zero-order valence-corrected chi connectivity index (χ0v) is 14.8. The molecule has 0 aromatic heterocycles. The van der Waals surface area contributed by atoms with E-state index >= 15 is 0 Å². The van der Waals surface area contributed by atoms with Gasteiger partial charge in [-0.25, -0.2) is 0 Å². The fourth-order valence-electron chi connectivity index (χ4n) is 2.68. The fourth-order valence-corrected chi connectivity index (χ4v) is 2.68. The number of carbonyl (C=O) groups excluding carboxylic acids is 1. The highest BCUT2D eigenvalue weighted by atomic mass is 16.5. The molecule has 1 amide bonds. The average molecular weight is 326 g/mol. The molecule has 0 atom stereocenters. The summed E-state index contributed by atoms with van der Waals surface area (Å²) in [6, 6.07) is 0. The lowest BCUT2D eigenvalue weighted by Gasteiger charge is -2.25. The summed E-state index contributed by atoms with van der Waals surface area (Å²) in [5, 5.41) is 0. The van der Waals surface area contributed by atoms with Gasteiger partial charge in [-0.05, 0) is 19.0 Å². The second kappa shape index (κ2) is 13.5. The lowest BCUT2D eigenvalue weighted by atomic mass is 10.1. The van der Waals surface area contributed by atoms with Gasteiger partial charge in [0.25, 0.3) is 0 Å². The lowest BCUT2D eigenvalue weighted by Crippen LogP contribution is -2.38. The molecule has 1 aliphatic rings. The van der Waals surface area contributed by atoms with Crippen molar-refractivity contribution in [3.63, 3.8) is 0 Å². The molecule has 0 bridgehead atoms. The van der Waals surface area contributed by atoms with Gasteiger partial charge in [-0.3, -0.25) is 9.69 Å². The molecular weight excluding hydrogens is 292 g/mol. The average Bonchev–Trinajstić information content (AvgIpc) is 2.55. The van der Waals surface area contributed by atoms with Crippen LogP contribution in [0.25, 0.3) is 0 Å². The molecular formula is C18H34N2O3. The normalized spacial score (nSPS) is 18.9. The summed E-state index contributed by atoms with van der Waals surface area (Å²) in [5.41, 5.74) is 0. The van der Waals surface area contributed by atoms with Crippen molar-refractivity contribution in [2.75, 3.05) is 59.2 Å². The Bertz CT molecular complexity index is 309. The SMILES string of the molecule is C=CC(=O)N1CCOCCN(CCCCCCC)CCOCC1. The minimum Gasteiger partial charge on any atom is -0.378 e. The van der Waals surface area contributed by atoms with Crippen LogP contribution in [0, 0.1) is 0 Å². The molecule has 0 unspecified atom stereocenters. The van der Waals surface area contributed by atoms with E-state index in [-0.39, 0.29) is 5.91 Å². The van der Waals surface area contributed by atoms with Crippen LogP contribution in [-0.2, 0) is 14.3 Å². The lowest BCUT2D eigenvalue weighted by molar-refractivity contribution is -0.127. The Morgan fingerprint density at radius 2 is 1.52 bits per heavy atom. The first-order valence-corrected chi connectivity index (χ1v) is 9.07. The monoisotopic (exact) mass is 326 g/mol. The van der Waals surface area contributed by atoms with Gasteiger partial charge in [0.15, 0.2) is 0 Å². The summed E-state index contributed by atoms with van der Waals surface area (Å²) in [5.74, 6) is -0.0528. The molecule has 1 fully saturated rings. The maximum Gasteiger partial charge on any atom is 0.246 e. The Kier molecular flexibility index (Phi) is 11.8. The maximum absolute atomic E-state index is 11.7. The number of hydrogen-bond acceptors (Lipinski definition) is 4. The van der Waals surface area contributed by atoms with Crippen LogP contribution in [0.1, 0.15) is 39.0 Å². The highest BCUT2D eigenvalue weighted by Crippen LogP contribution is 2.04. The summed E-state index contributed by atoms with van der Waals surface area (Å²) in [4.78, 5) is 15.9. The van der Waals surface area contributed by atoms with E-state index < -0.39 is 0 Å². The van der Waals surface area contributed by atoms with Gasteiger partial charge in [-0.2, -0.15) is 0 Å². The first-order valence-electron chi connectivity index (χ1n) is 9.07. The topological polar surface area (TPSA) is 42.0 Å². The van der Waals surface area contributed by atoms with Gasteiger partial charge in [0, 0.05) is 26.2 Å². The molecule has 23 heavy (non-hydrogen) atoms. The molecule has 5 nitrogen and oxygen atoms in total. The van der Waals surface area contributed by atoms with E-state index in [4.69, 9.17) is 9.47 Å². The zero-order valence-electron chi connectivity index (χ0n) is 14.8. The minimum absolute atomic E-state index is 0.0528. The summed E-state index contributed by atoms with van der Waals surface area (Å²) in [6.07, 6.45) is 7.88. The molecule has 134 valence electrons. The van der Waals surface area contributed by atoms with Gasteiger partial charge in [-0.15, -0.1) is 0 Å². The van der Waals surface area contributed by atoms with Crippen LogP contribution in [-0.4, -0.2) is 74.9 Å². The van der Waals surface area contributed by atoms with Gasteiger partial charge < -0.3 is 14.4 Å². The van der Waals surface area contributed by atoms with Gasteiger partial charge in [0.2, 0.25) is 5.91 Å². The third-order valence-corrected chi connectivity index (χ3v) is 4.18. The van der Waals surface area contributed by atoms with Crippen LogP contribution >= 0.6 is 0 Å². The molecule has 0 N–H and O–H groups in total. The van der Waals surface area contributed by atoms with Crippen molar-refractivity contribution in [1.82, 2.24) is 9.80 Å². The Hall–Kier alpha value is -0.910. The molecule has 1 rings (SSSR count). The minimum atomic E-state index is -0.0528. The highest BCUT2D eigenvalue weighted by Gasteiger charge is 2.11. The van der Waals surface area contributed by atoms with Crippen molar-refractivity contribution in [2.24, 2.45) is 0 Å². The summed E-state index contributed by atoms with van der Waals surface area (Å²) >= 11 is 0. The quantitative estimate of drug-likeness (QED) is 0.532. The Labute approximate surface area is 141 Å². The smallest absolute Gasteiger partial charge is 0.246 e. The molecule has 0 spiro atoms. The molecule has 0 aromatic carbocycles. The van der Waals surface area contributed by atoms with E-state index in [2.05, 4.69) is 18.4 Å². The first-order chi connectivity index (χ1) is 11.3. The number of nitrogens with zero attached hydrogens (tertiary/aromatic N) is 2. The number of unbranched alkanes of at least 4 members (excludes halogenated alkanes) is 4. The fraction of sp³-hybridized carbons (Fsp3) is 0.833. The van der Waals surface area contributed by atoms with Crippen molar-refractivity contribution >= 4 is 5.91 Å². The van der Waals surface area contributed by atoms with E-state index in [1.165, 1.54) is 38.2 Å². The van der Waals surface area contributed by atoms with Crippen molar-refractivity contribution in [3.05, 3.63) is 12.7 Å². The number of rotatable bonds is 7. The van der Waals surface area contributed by atoms with Crippen LogP contribution in [0.15, 0.2) is 12.7 Å². The Morgan fingerprint density at radius 1 is 0.957 bits per heavy atom. The number of amides is 1.